The van der Waals surface area contributed by atoms with E-state index < -0.39 is 0 Å². The number of rotatable bonds is 3. The van der Waals surface area contributed by atoms with Crippen molar-refractivity contribution in [2.24, 2.45) is 0 Å². The summed E-state index contributed by atoms with van der Waals surface area (Å²) in [5, 5.41) is 7.52. The molecule has 0 atom stereocenters. The fraction of sp³-hybridized carbons (Fsp3) is 0.154. The van der Waals surface area contributed by atoms with Crippen molar-refractivity contribution in [3.63, 3.8) is 0 Å². The van der Waals surface area contributed by atoms with E-state index in [1.54, 1.807) is 0 Å². The van der Waals surface area contributed by atoms with Crippen molar-refractivity contribution in [1.29, 1.82) is 0 Å². The highest BCUT2D eigenvalue weighted by Gasteiger charge is 2.23. The lowest BCUT2D eigenvalue weighted by atomic mass is 9.90. The Kier molecular flexibility index (Phi) is 4.72. The highest BCUT2D eigenvalue weighted by molar-refractivity contribution is 6.20. The molecule has 0 aliphatic rings. The normalized spacial score (nSPS) is 12.7. The van der Waals surface area contributed by atoms with Crippen LogP contribution < -0.4 is 0 Å². The summed E-state index contributed by atoms with van der Waals surface area (Å²) in [6.07, 6.45) is 0. The lowest BCUT2D eigenvalue weighted by molar-refractivity contribution is 0.834. The Labute approximate surface area is 244 Å². The van der Waals surface area contributed by atoms with Gasteiger partial charge < -0.3 is 0 Å². The van der Waals surface area contributed by atoms with E-state index in [-0.39, 0.29) is 0 Å². The van der Waals surface area contributed by atoms with Gasteiger partial charge in [-0.25, -0.2) is 4.98 Å². The summed E-state index contributed by atoms with van der Waals surface area (Å²) in [6, 6.07) is 38.5. The summed E-state index contributed by atoms with van der Waals surface area (Å²) in [5.41, 5.74) is 11.2. The van der Waals surface area contributed by atoms with E-state index in [1.807, 2.05) is 0 Å². The van der Waals surface area contributed by atoms with Gasteiger partial charge in [0.2, 0.25) is 5.78 Å². The van der Waals surface area contributed by atoms with E-state index in [4.69, 9.17) is 4.98 Å². The van der Waals surface area contributed by atoms with Gasteiger partial charge in [0.25, 0.3) is 0 Å². The first-order valence-corrected chi connectivity index (χ1v) is 15.0. The largest absolute Gasteiger partial charge is 0.277 e. The van der Waals surface area contributed by atoms with Gasteiger partial charge >= 0.3 is 0 Å². The molecule has 0 saturated heterocycles. The topological polar surface area (TPSA) is 21.7 Å². The molecule has 0 spiro atoms. The first-order valence-electron chi connectivity index (χ1n) is 15.0. The molecule has 0 bridgehead atoms. The van der Waals surface area contributed by atoms with Crippen LogP contribution in [0.4, 0.5) is 0 Å². The number of hydrogen-bond acceptors (Lipinski definition) is 1. The standard InChI is InChI=1S/C39H31N3/c1-22(2)28-13-29(23(3)4)15-30(14-28)31-17-33-32-16-24-9-5-7-11-26(24)19-35(32)42-38(33)37(21-31)41-36-20-27-12-8-6-10-25(27)18-34(36)40-39(41)42/h5-23H,1-4H3. The van der Waals surface area contributed by atoms with Gasteiger partial charge in [-0.3, -0.25) is 8.80 Å². The summed E-state index contributed by atoms with van der Waals surface area (Å²) in [4.78, 5) is 5.29. The molecule has 0 fully saturated rings. The minimum atomic E-state index is 0.465. The van der Waals surface area contributed by atoms with Crippen LogP contribution in [0.1, 0.15) is 50.7 Å². The second kappa shape index (κ2) is 8.33. The van der Waals surface area contributed by atoms with Crippen LogP contribution in [0.3, 0.4) is 0 Å². The molecule has 0 aliphatic heterocycles. The van der Waals surface area contributed by atoms with Gasteiger partial charge in [-0.1, -0.05) is 94.4 Å². The third kappa shape index (κ3) is 3.19. The molecule has 0 radical (unpaired) electrons. The predicted molar refractivity (Wildman–Crippen MR) is 178 cm³/mol. The molecule has 3 nitrogen and oxygen atoms in total. The molecular formula is C39H31N3. The van der Waals surface area contributed by atoms with Crippen molar-refractivity contribution in [2.45, 2.75) is 39.5 Å². The van der Waals surface area contributed by atoms with Crippen LogP contribution in [-0.4, -0.2) is 13.8 Å². The van der Waals surface area contributed by atoms with Crippen LogP contribution in [0.25, 0.3) is 76.8 Å². The lowest BCUT2D eigenvalue weighted by Crippen LogP contribution is -1.95. The summed E-state index contributed by atoms with van der Waals surface area (Å²) >= 11 is 0. The van der Waals surface area contributed by atoms with E-state index in [9.17, 15) is 0 Å². The van der Waals surface area contributed by atoms with Crippen LogP contribution in [0.2, 0.25) is 0 Å². The van der Waals surface area contributed by atoms with E-state index in [1.165, 1.54) is 71.1 Å². The molecule has 0 amide bonds. The Hall–Kier alpha value is -4.89. The summed E-state index contributed by atoms with van der Waals surface area (Å²) in [6.45, 7) is 9.16. The fourth-order valence-electron chi connectivity index (χ4n) is 7.00. The maximum absolute atomic E-state index is 5.29. The first-order chi connectivity index (χ1) is 20.4. The minimum absolute atomic E-state index is 0.465. The molecule has 0 N–H and O–H groups in total. The molecule has 9 aromatic rings. The number of imidazole rings is 2. The Morgan fingerprint density at radius 3 is 1.71 bits per heavy atom. The zero-order chi connectivity index (χ0) is 28.3. The van der Waals surface area contributed by atoms with Crippen molar-refractivity contribution in [2.75, 3.05) is 0 Å². The van der Waals surface area contributed by atoms with Gasteiger partial charge in [0.1, 0.15) is 0 Å². The highest BCUT2D eigenvalue weighted by atomic mass is 15.2. The number of aromatic nitrogens is 3. The van der Waals surface area contributed by atoms with E-state index >= 15 is 0 Å². The maximum atomic E-state index is 5.29. The first kappa shape index (κ1) is 23.8. The zero-order valence-corrected chi connectivity index (χ0v) is 24.3. The van der Waals surface area contributed by atoms with Crippen LogP contribution in [0.15, 0.2) is 103 Å². The molecule has 202 valence electrons. The molecule has 3 aromatic heterocycles. The number of hydrogen-bond donors (Lipinski definition) is 0. The lowest BCUT2D eigenvalue weighted by Gasteiger charge is -2.15. The third-order valence-electron chi connectivity index (χ3n) is 9.30. The second-order valence-corrected chi connectivity index (χ2v) is 12.6. The Bertz CT molecular complexity index is 2500. The van der Waals surface area contributed by atoms with Crippen LogP contribution >= 0.6 is 0 Å². The maximum Gasteiger partial charge on any atom is 0.220 e. The highest BCUT2D eigenvalue weighted by Crippen LogP contribution is 2.42. The SMILES string of the molecule is CC(C)c1cc(-c2cc3c4cc5ccccc5cc4n4c3c(c2)n2c3cc5ccccc5cc3nc24)cc(C(C)C)c1. The van der Waals surface area contributed by atoms with Crippen LogP contribution in [-0.2, 0) is 0 Å². The molecule has 3 heterocycles. The van der Waals surface area contributed by atoms with E-state index in [2.05, 4.69) is 140 Å². The Morgan fingerprint density at radius 1 is 0.500 bits per heavy atom. The van der Waals surface area contributed by atoms with Gasteiger partial charge in [0, 0.05) is 10.8 Å². The monoisotopic (exact) mass is 541 g/mol. The number of benzene rings is 6. The predicted octanol–water partition coefficient (Wildman–Crippen LogP) is 10.7. The van der Waals surface area contributed by atoms with E-state index in [0.29, 0.717) is 11.8 Å². The fourth-order valence-corrected chi connectivity index (χ4v) is 7.00. The molecule has 0 unspecified atom stereocenters. The van der Waals surface area contributed by atoms with Crippen LogP contribution in [0.5, 0.6) is 0 Å². The zero-order valence-electron chi connectivity index (χ0n) is 24.3. The van der Waals surface area contributed by atoms with Crippen LogP contribution in [0, 0.1) is 0 Å². The molecule has 3 heteroatoms. The van der Waals surface area contributed by atoms with Gasteiger partial charge in [0.05, 0.1) is 27.6 Å². The van der Waals surface area contributed by atoms with Gasteiger partial charge in [-0.15, -0.1) is 0 Å². The van der Waals surface area contributed by atoms with Crippen molar-refractivity contribution < 1.29 is 0 Å². The smallest absolute Gasteiger partial charge is 0.220 e. The van der Waals surface area contributed by atoms with Crippen molar-refractivity contribution in [3.8, 4) is 11.1 Å². The quantitative estimate of drug-likeness (QED) is 0.218. The van der Waals surface area contributed by atoms with Gasteiger partial charge in [-0.05, 0) is 92.0 Å². The third-order valence-corrected chi connectivity index (χ3v) is 9.30. The Balaban J connectivity index is 1.48. The van der Waals surface area contributed by atoms with Crippen molar-refractivity contribution in [1.82, 2.24) is 13.8 Å². The molecular weight excluding hydrogens is 510 g/mol. The average Bonchev–Trinajstić information content (AvgIpc) is 3.63. The van der Waals surface area contributed by atoms with Crippen molar-refractivity contribution >= 4 is 65.7 Å². The van der Waals surface area contributed by atoms with Gasteiger partial charge in [0.15, 0.2) is 0 Å². The second-order valence-electron chi connectivity index (χ2n) is 12.6. The van der Waals surface area contributed by atoms with E-state index in [0.717, 1.165) is 16.8 Å². The molecule has 9 rings (SSSR count). The Morgan fingerprint density at radius 2 is 1.07 bits per heavy atom. The molecule has 0 saturated carbocycles. The average molecular weight is 542 g/mol. The summed E-state index contributed by atoms with van der Waals surface area (Å²) < 4.78 is 4.78. The molecule has 42 heavy (non-hydrogen) atoms. The van der Waals surface area contributed by atoms with Gasteiger partial charge in [-0.2, -0.15) is 0 Å². The summed E-state index contributed by atoms with van der Waals surface area (Å²) in [7, 11) is 0. The van der Waals surface area contributed by atoms with Crippen molar-refractivity contribution in [3.05, 3.63) is 114 Å². The summed E-state index contributed by atoms with van der Waals surface area (Å²) in [5.74, 6) is 1.90. The molecule has 0 aliphatic carbocycles. The number of nitrogens with zero attached hydrogens (tertiary/aromatic N) is 3. The molecule has 6 aromatic carbocycles. The number of fused-ring (bicyclic) bond motifs is 10. The minimum Gasteiger partial charge on any atom is -0.277 e.